The summed E-state index contributed by atoms with van der Waals surface area (Å²) in [5, 5.41) is 3.64. The van der Waals surface area contributed by atoms with Crippen LogP contribution in [0.2, 0.25) is 10.0 Å². The van der Waals surface area contributed by atoms with E-state index in [9.17, 15) is 9.18 Å². The minimum Gasteiger partial charge on any atom is -0.324 e. The molecule has 0 atom stereocenters. The molecule has 0 saturated carbocycles. The Morgan fingerprint density at radius 2 is 1.86 bits per heavy atom. The van der Waals surface area contributed by atoms with Crippen LogP contribution >= 0.6 is 35.0 Å². The van der Waals surface area contributed by atoms with E-state index in [4.69, 9.17) is 23.2 Å². The smallest absolute Gasteiger partial charge is 0.234 e. The van der Waals surface area contributed by atoms with E-state index in [0.29, 0.717) is 21.5 Å². The first-order valence-electron chi connectivity index (χ1n) is 6.11. The van der Waals surface area contributed by atoms with E-state index in [1.54, 1.807) is 30.3 Å². The summed E-state index contributed by atoms with van der Waals surface area (Å²) in [7, 11) is 0. The zero-order chi connectivity index (χ0) is 15.2. The minimum absolute atomic E-state index is 0.147. The van der Waals surface area contributed by atoms with Gasteiger partial charge in [-0.2, -0.15) is 0 Å². The fraction of sp³-hybridized carbons (Fsp3) is 0.133. The second kappa shape index (κ2) is 7.69. The molecule has 2 rings (SSSR count). The summed E-state index contributed by atoms with van der Waals surface area (Å²) in [5.74, 6) is 0.517. The molecule has 1 amide bonds. The number of halogens is 3. The van der Waals surface area contributed by atoms with E-state index in [0.717, 1.165) is 5.56 Å². The fourth-order valence-corrected chi connectivity index (χ4v) is 2.86. The first-order valence-corrected chi connectivity index (χ1v) is 8.03. The largest absolute Gasteiger partial charge is 0.324 e. The van der Waals surface area contributed by atoms with Crippen LogP contribution < -0.4 is 5.32 Å². The molecule has 2 aromatic carbocycles. The van der Waals surface area contributed by atoms with Crippen LogP contribution in [0.25, 0.3) is 0 Å². The SMILES string of the molecule is O=C(CSCc1ccc(F)cc1)Nc1ccc(Cl)cc1Cl. The number of benzene rings is 2. The van der Waals surface area contributed by atoms with Crippen molar-refractivity contribution in [3.05, 3.63) is 63.9 Å². The first kappa shape index (κ1) is 16.1. The van der Waals surface area contributed by atoms with E-state index in [-0.39, 0.29) is 17.5 Å². The number of rotatable bonds is 5. The van der Waals surface area contributed by atoms with Crippen LogP contribution in [-0.2, 0) is 10.5 Å². The number of hydrogen-bond acceptors (Lipinski definition) is 2. The maximum absolute atomic E-state index is 12.8. The fourth-order valence-electron chi connectivity index (χ4n) is 1.62. The van der Waals surface area contributed by atoms with Crippen LogP contribution in [0, 0.1) is 5.82 Å². The maximum Gasteiger partial charge on any atom is 0.234 e. The lowest BCUT2D eigenvalue weighted by Crippen LogP contribution is -2.14. The van der Waals surface area contributed by atoms with Crippen molar-refractivity contribution < 1.29 is 9.18 Å². The van der Waals surface area contributed by atoms with Crippen molar-refractivity contribution in [3.8, 4) is 0 Å². The van der Waals surface area contributed by atoms with Crippen LogP contribution in [0.4, 0.5) is 10.1 Å². The number of amides is 1. The molecule has 21 heavy (non-hydrogen) atoms. The molecule has 0 fully saturated rings. The predicted octanol–water partition coefficient (Wildman–Crippen LogP) is 5.00. The van der Waals surface area contributed by atoms with Crippen LogP contribution in [0.3, 0.4) is 0 Å². The standard InChI is InChI=1S/C15H12Cl2FNOS/c16-11-3-6-14(13(17)7-11)19-15(20)9-21-8-10-1-4-12(18)5-2-10/h1-7H,8-9H2,(H,19,20). The van der Waals surface area contributed by atoms with Gasteiger partial charge in [-0.1, -0.05) is 35.3 Å². The Bertz CT molecular complexity index is 634. The normalized spacial score (nSPS) is 10.4. The Morgan fingerprint density at radius 3 is 2.52 bits per heavy atom. The molecule has 0 bridgehead atoms. The summed E-state index contributed by atoms with van der Waals surface area (Å²) in [6, 6.07) is 11.1. The summed E-state index contributed by atoms with van der Waals surface area (Å²) in [4.78, 5) is 11.8. The molecule has 0 aliphatic heterocycles. The summed E-state index contributed by atoms with van der Waals surface area (Å²) < 4.78 is 12.8. The molecule has 0 aliphatic carbocycles. The average molecular weight is 344 g/mol. The second-order valence-corrected chi connectivity index (χ2v) is 6.12. The third-order valence-electron chi connectivity index (χ3n) is 2.62. The first-order chi connectivity index (χ1) is 10.0. The van der Waals surface area contributed by atoms with Gasteiger partial charge in [-0.3, -0.25) is 4.79 Å². The van der Waals surface area contributed by atoms with Crippen LogP contribution in [-0.4, -0.2) is 11.7 Å². The van der Waals surface area contributed by atoms with Crippen LogP contribution in [0.5, 0.6) is 0 Å². The number of carbonyl (C=O) groups excluding carboxylic acids is 1. The van der Waals surface area contributed by atoms with Gasteiger partial charge < -0.3 is 5.32 Å². The zero-order valence-electron chi connectivity index (χ0n) is 10.9. The van der Waals surface area contributed by atoms with Gasteiger partial charge in [0, 0.05) is 10.8 Å². The zero-order valence-corrected chi connectivity index (χ0v) is 13.2. The number of anilines is 1. The van der Waals surface area contributed by atoms with Gasteiger partial charge in [0.05, 0.1) is 16.5 Å². The van der Waals surface area contributed by atoms with Crippen molar-refractivity contribution >= 4 is 46.6 Å². The van der Waals surface area contributed by atoms with Gasteiger partial charge in [-0.05, 0) is 35.9 Å². The molecule has 110 valence electrons. The van der Waals surface area contributed by atoms with E-state index in [1.807, 2.05) is 0 Å². The number of thioether (sulfide) groups is 1. The second-order valence-electron chi connectivity index (χ2n) is 4.29. The van der Waals surface area contributed by atoms with Gasteiger partial charge in [-0.15, -0.1) is 11.8 Å². The topological polar surface area (TPSA) is 29.1 Å². The van der Waals surface area contributed by atoms with Gasteiger partial charge >= 0.3 is 0 Å². The molecule has 0 aromatic heterocycles. The lowest BCUT2D eigenvalue weighted by atomic mass is 10.2. The molecule has 0 heterocycles. The average Bonchev–Trinajstić information content (AvgIpc) is 2.44. The molecule has 2 aromatic rings. The lowest BCUT2D eigenvalue weighted by Gasteiger charge is -2.07. The summed E-state index contributed by atoms with van der Waals surface area (Å²) >= 11 is 13.2. The third-order valence-corrected chi connectivity index (χ3v) is 4.17. The monoisotopic (exact) mass is 343 g/mol. The third kappa shape index (κ3) is 5.23. The molecular formula is C15H12Cl2FNOS. The molecule has 6 heteroatoms. The van der Waals surface area contributed by atoms with Crippen molar-refractivity contribution in [2.24, 2.45) is 0 Å². The van der Waals surface area contributed by atoms with E-state index in [2.05, 4.69) is 5.32 Å². The highest BCUT2D eigenvalue weighted by Crippen LogP contribution is 2.25. The van der Waals surface area contributed by atoms with Crippen molar-refractivity contribution in [2.75, 3.05) is 11.1 Å². The maximum atomic E-state index is 12.8. The Balaban J connectivity index is 1.81. The van der Waals surface area contributed by atoms with Crippen molar-refractivity contribution in [3.63, 3.8) is 0 Å². The highest BCUT2D eigenvalue weighted by molar-refractivity contribution is 7.99. The number of hydrogen-bond donors (Lipinski definition) is 1. The minimum atomic E-state index is -0.265. The molecule has 0 unspecified atom stereocenters. The molecular weight excluding hydrogens is 332 g/mol. The summed E-state index contributed by atoms with van der Waals surface area (Å²) in [5.41, 5.74) is 1.51. The molecule has 1 N–H and O–H groups in total. The Morgan fingerprint density at radius 1 is 1.14 bits per heavy atom. The Labute approximate surface area is 136 Å². The van der Waals surface area contributed by atoms with E-state index in [1.165, 1.54) is 23.9 Å². The van der Waals surface area contributed by atoms with Crippen LogP contribution in [0.1, 0.15) is 5.56 Å². The molecule has 2 nitrogen and oxygen atoms in total. The molecule has 0 aliphatic rings. The predicted molar refractivity (Wildman–Crippen MR) is 87.7 cm³/mol. The van der Waals surface area contributed by atoms with Crippen LogP contribution in [0.15, 0.2) is 42.5 Å². The number of carbonyl (C=O) groups is 1. The summed E-state index contributed by atoms with van der Waals surface area (Å²) in [6.45, 7) is 0. The Kier molecular flexibility index (Phi) is 5.91. The van der Waals surface area contributed by atoms with Crippen molar-refractivity contribution in [1.29, 1.82) is 0 Å². The van der Waals surface area contributed by atoms with Gasteiger partial charge in [0.15, 0.2) is 0 Å². The lowest BCUT2D eigenvalue weighted by molar-refractivity contribution is -0.113. The molecule has 0 spiro atoms. The van der Waals surface area contributed by atoms with Gasteiger partial charge in [-0.25, -0.2) is 4.39 Å². The van der Waals surface area contributed by atoms with E-state index < -0.39 is 0 Å². The highest BCUT2D eigenvalue weighted by Gasteiger charge is 2.06. The quantitative estimate of drug-likeness (QED) is 0.827. The van der Waals surface area contributed by atoms with Crippen molar-refractivity contribution in [1.82, 2.24) is 0 Å². The van der Waals surface area contributed by atoms with Gasteiger partial charge in [0.25, 0.3) is 0 Å². The molecule has 0 radical (unpaired) electrons. The highest BCUT2D eigenvalue weighted by atomic mass is 35.5. The Hall–Kier alpha value is -1.23. The van der Waals surface area contributed by atoms with E-state index >= 15 is 0 Å². The van der Waals surface area contributed by atoms with Gasteiger partial charge in [0.2, 0.25) is 5.91 Å². The number of nitrogens with one attached hydrogen (secondary N) is 1. The molecule has 0 saturated heterocycles. The van der Waals surface area contributed by atoms with Gasteiger partial charge in [0.1, 0.15) is 5.82 Å². The summed E-state index contributed by atoms with van der Waals surface area (Å²) in [6.07, 6.45) is 0. The van der Waals surface area contributed by atoms with Crippen molar-refractivity contribution in [2.45, 2.75) is 5.75 Å².